The SMILES string of the molecule is CCC(C)CSC(CN)c1ccncc1. The molecule has 2 atom stereocenters. The molecule has 0 radical (unpaired) electrons. The molecule has 0 saturated carbocycles. The van der Waals surface area contributed by atoms with Gasteiger partial charge in [0.1, 0.15) is 0 Å². The predicted molar refractivity (Wildman–Crippen MR) is 67.9 cm³/mol. The Balaban J connectivity index is 2.50. The molecule has 0 fully saturated rings. The molecule has 0 aromatic carbocycles. The topological polar surface area (TPSA) is 38.9 Å². The number of thioether (sulfide) groups is 1. The lowest BCUT2D eigenvalue weighted by Crippen LogP contribution is -2.11. The molecule has 0 spiro atoms. The minimum absolute atomic E-state index is 0.419. The summed E-state index contributed by atoms with van der Waals surface area (Å²) in [7, 11) is 0. The van der Waals surface area contributed by atoms with Crippen LogP contribution in [0.1, 0.15) is 31.1 Å². The summed E-state index contributed by atoms with van der Waals surface area (Å²) < 4.78 is 0. The smallest absolute Gasteiger partial charge is 0.0420 e. The van der Waals surface area contributed by atoms with Crippen LogP contribution in [0.5, 0.6) is 0 Å². The van der Waals surface area contributed by atoms with Crippen molar-refractivity contribution in [1.29, 1.82) is 0 Å². The number of nitrogens with zero attached hydrogens (tertiary/aromatic N) is 1. The molecular weight excluding hydrogens is 204 g/mol. The van der Waals surface area contributed by atoms with E-state index >= 15 is 0 Å². The summed E-state index contributed by atoms with van der Waals surface area (Å²) in [6, 6.07) is 4.11. The zero-order valence-electron chi connectivity index (χ0n) is 9.52. The van der Waals surface area contributed by atoms with Crippen LogP contribution >= 0.6 is 11.8 Å². The van der Waals surface area contributed by atoms with E-state index in [0.717, 1.165) is 5.92 Å². The van der Waals surface area contributed by atoms with Gasteiger partial charge in [0.05, 0.1) is 0 Å². The van der Waals surface area contributed by atoms with Crippen molar-refractivity contribution in [3.63, 3.8) is 0 Å². The molecule has 84 valence electrons. The molecule has 2 nitrogen and oxygen atoms in total. The lowest BCUT2D eigenvalue weighted by molar-refractivity contribution is 0.635. The van der Waals surface area contributed by atoms with Gasteiger partial charge in [0, 0.05) is 24.2 Å². The predicted octanol–water partition coefficient (Wildman–Crippen LogP) is 2.86. The Kier molecular flexibility index (Phi) is 5.73. The van der Waals surface area contributed by atoms with Gasteiger partial charge in [-0.3, -0.25) is 4.98 Å². The van der Waals surface area contributed by atoms with E-state index < -0.39 is 0 Å². The standard InChI is InChI=1S/C12H20N2S/c1-3-10(2)9-15-12(8-13)11-4-6-14-7-5-11/h4-7,10,12H,3,8-9,13H2,1-2H3. The second-order valence-electron chi connectivity index (χ2n) is 3.85. The number of aromatic nitrogens is 1. The van der Waals surface area contributed by atoms with E-state index in [0.29, 0.717) is 11.8 Å². The fourth-order valence-corrected chi connectivity index (χ4v) is 2.56. The van der Waals surface area contributed by atoms with Gasteiger partial charge >= 0.3 is 0 Å². The van der Waals surface area contributed by atoms with E-state index in [1.807, 2.05) is 24.2 Å². The van der Waals surface area contributed by atoms with Gasteiger partial charge in [-0.15, -0.1) is 0 Å². The third-order valence-electron chi connectivity index (χ3n) is 2.57. The van der Waals surface area contributed by atoms with Crippen molar-refractivity contribution in [3.8, 4) is 0 Å². The first-order valence-electron chi connectivity index (χ1n) is 5.49. The van der Waals surface area contributed by atoms with Gasteiger partial charge in [-0.25, -0.2) is 0 Å². The molecule has 1 rings (SSSR count). The van der Waals surface area contributed by atoms with Crippen LogP contribution in [0, 0.1) is 5.92 Å². The van der Waals surface area contributed by atoms with Crippen molar-refractivity contribution in [1.82, 2.24) is 4.98 Å². The molecule has 1 heterocycles. The first kappa shape index (κ1) is 12.5. The summed E-state index contributed by atoms with van der Waals surface area (Å²) in [5.74, 6) is 1.95. The summed E-state index contributed by atoms with van der Waals surface area (Å²) in [6.45, 7) is 5.22. The number of nitrogens with two attached hydrogens (primary N) is 1. The van der Waals surface area contributed by atoms with Crippen molar-refractivity contribution in [2.75, 3.05) is 12.3 Å². The third-order valence-corrected chi connectivity index (χ3v) is 4.20. The highest BCUT2D eigenvalue weighted by Crippen LogP contribution is 2.29. The van der Waals surface area contributed by atoms with Crippen molar-refractivity contribution < 1.29 is 0 Å². The summed E-state index contributed by atoms with van der Waals surface area (Å²) in [5.41, 5.74) is 7.08. The summed E-state index contributed by atoms with van der Waals surface area (Å²) in [4.78, 5) is 4.02. The Bertz CT molecular complexity index is 264. The van der Waals surface area contributed by atoms with Crippen LogP contribution in [0.2, 0.25) is 0 Å². The van der Waals surface area contributed by atoms with Gasteiger partial charge in [0.2, 0.25) is 0 Å². The second-order valence-corrected chi connectivity index (χ2v) is 5.09. The number of pyridine rings is 1. The molecule has 0 aliphatic rings. The second kappa shape index (κ2) is 6.85. The van der Waals surface area contributed by atoms with E-state index in [1.165, 1.54) is 17.7 Å². The normalized spacial score (nSPS) is 14.9. The van der Waals surface area contributed by atoms with Crippen LogP contribution in [-0.4, -0.2) is 17.3 Å². The first-order valence-corrected chi connectivity index (χ1v) is 6.54. The third kappa shape index (κ3) is 4.22. The summed E-state index contributed by atoms with van der Waals surface area (Å²) in [5, 5.41) is 0.419. The molecule has 3 heteroatoms. The van der Waals surface area contributed by atoms with Gasteiger partial charge in [-0.2, -0.15) is 11.8 Å². The lowest BCUT2D eigenvalue weighted by Gasteiger charge is -2.16. The average Bonchev–Trinajstić information content (AvgIpc) is 2.31. The van der Waals surface area contributed by atoms with Gasteiger partial charge in [0.25, 0.3) is 0 Å². The Labute approximate surface area is 96.7 Å². The van der Waals surface area contributed by atoms with Crippen LogP contribution in [0.3, 0.4) is 0 Å². The average molecular weight is 224 g/mol. The monoisotopic (exact) mass is 224 g/mol. The minimum atomic E-state index is 0.419. The first-order chi connectivity index (χ1) is 7.27. The molecule has 15 heavy (non-hydrogen) atoms. The van der Waals surface area contributed by atoms with Crippen LogP contribution in [0.25, 0.3) is 0 Å². The van der Waals surface area contributed by atoms with Crippen molar-refractivity contribution >= 4 is 11.8 Å². The number of rotatable bonds is 6. The molecule has 0 aliphatic carbocycles. The summed E-state index contributed by atoms with van der Waals surface area (Å²) in [6.07, 6.45) is 4.91. The largest absolute Gasteiger partial charge is 0.329 e. The maximum atomic E-state index is 5.79. The Morgan fingerprint density at radius 1 is 1.40 bits per heavy atom. The van der Waals surface area contributed by atoms with Crippen LogP contribution in [-0.2, 0) is 0 Å². The van der Waals surface area contributed by atoms with E-state index in [2.05, 4.69) is 31.0 Å². The Morgan fingerprint density at radius 2 is 2.07 bits per heavy atom. The van der Waals surface area contributed by atoms with Crippen molar-refractivity contribution in [2.24, 2.45) is 11.7 Å². The number of hydrogen-bond donors (Lipinski definition) is 1. The zero-order valence-corrected chi connectivity index (χ0v) is 10.3. The fourth-order valence-electron chi connectivity index (χ4n) is 1.28. The maximum absolute atomic E-state index is 5.79. The Hall–Kier alpha value is -0.540. The quantitative estimate of drug-likeness (QED) is 0.807. The fraction of sp³-hybridized carbons (Fsp3) is 0.583. The van der Waals surface area contributed by atoms with E-state index in [4.69, 9.17) is 5.73 Å². The minimum Gasteiger partial charge on any atom is -0.329 e. The van der Waals surface area contributed by atoms with Crippen LogP contribution < -0.4 is 5.73 Å². The van der Waals surface area contributed by atoms with Gasteiger partial charge in [-0.1, -0.05) is 20.3 Å². The van der Waals surface area contributed by atoms with Crippen molar-refractivity contribution in [2.45, 2.75) is 25.5 Å². The van der Waals surface area contributed by atoms with E-state index in [9.17, 15) is 0 Å². The van der Waals surface area contributed by atoms with E-state index in [-0.39, 0.29) is 0 Å². The maximum Gasteiger partial charge on any atom is 0.0420 e. The summed E-state index contributed by atoms with van der Waals surface area (Å²) >= 11 is 1.95. The van der Waals surface area contributed by atoms with Gasteiger partial charge < -0.3 is 5.73 Å². The molecule has 0 bridgehead atoms. The molecule has 2 N–H and O–H groups in total. The lowest BCUT2D eigenvalue weighted by atomic mass is 10.2. The molecule has 0 saturated heterocycles. The number of hydrogen-bond acceptors (Lipinski definition) is 3. The van der Waals surface area contributed by atoms with Gasteiger partial charge in [-0.05, 0) is 29.4 Å². The highest BCUT2D eigenvalue weighted by molar-refractivity contribution is 7.99. The zero-order chi connectivity index (χ0) is 11.1. The molecule has 0 amide bonds. The molecule has 1 aromatic heterocycles. The molecule has 1 aromatic rings. The highest BCUT2D eigenvalue weighted by Gasteiger charge is 2.11. The Morgan fingerprint density at radius 3 is 2.60 bits per heavy atom. The molecular formula is C12H20N2S. The van der Waals surface area contributed by atoms with Crippen LogP contribution in [0.4, 0.5) is 0 Å². The van der Waals surface area contributed by atoms with Gasteiger partial charge in [0.15, 0.2) is 0 Å². The molecule has 0 aliphatic heterocycles. The highest BCUT2D eigenvalue weighted by atomic mass is 32.2. The molecule has 2 unspecified atom stereocenters. The van der Waals surface area contributed by atoms with Crippen LogP contribution in [0.15, 0.2) is 24.5 Å². The van der Waals surface area contributed by atoms with Crippen molar-refractivity contribution in [3.05, 3.63) is 30.1 Å². The van der Waals surface area contributed by atoms with E-state index in [1.54, 1.807) is 0 Å².